The maximum Gasteiger partial charge on any atom is 0.253 e. The van der Waals surface area contributed by atoms with Gasteiger partial charge in [0, 0.05) is 38.8 Å². The summed E-state index contributed by atoms with van der Waals surface area (Å²) in [7, 11) is 3.43. The number of benzene rings is 2. The van der Waals surface area contributed by atoms with Crippen molar-refractivity contribution in [2.75, 3.05) is 50.6 Å². The van der Waals surface area contributed by atoms with Crippen LogP contribution in [0.4, 0.5) is 15.9 Å². The Morgan fingerprint density at radius 2 is 1.90 bits per heavy atom. The van der Waals surface area contributed by atoms with E-state index in [-0.39, 0.29) is 17.8 Å². The van der Waals surface area contributed by atoms with Crippen LogP contribution in [0.2, 0.25) is 0 Å². The number of rotatable bonds is 5. The molecule has 1 amide bonds. The molecule has 162 valence electrons. The highest BCUT2D eigenvalue weighted by molar-refractivity contribution is 6.01. The first-order valence-electron chi connectivity index (χ1n) is 10.3. The first-order chi connectivity index (χ1) is 14.9. The summed E-state index contributed by atoms with van der Waals surface area (Å²) in [6, 6.07) is 9.82. The number of carbonyl (C=O) groups excluding carboxylic acids is 1. The van der Waals surface area contributed by atoms with Gasteiger partial charge in [-0.25, -0.2) is 9.37 Å². The Morgan fingerprint density at radius 3 is 2.58 bits per heavy atom. The van der Waals surface area contributed by atoms with E-state index in [1.54, 1.807) is 38.5 Å². The second kappa shape index (κ2) is 8.85. The molecule has 0 radical (unpaired) electrons. The van der Waals surface area contributed by atoms with Crippen LogP contribution in [-0.2, 0) is 4.74 Å². The average molecular weight is 423 g/mol. The summed E-state index contributed by atoms with van der Waals surface area (Å²) in [5.41, 5.74) is 3.49. The molecule has 0 saturated carbocycles. The number of hydrogen-bond donors (Lipinski definition) is 1. The summed E-state index contributed by atoms with van der Waals surface area (Å²) in [5.74, 6) is 0.388. The summed E-state index contributed by atoms with van der Waals surface area (Å²) in [5, 5.41) is 3.45. The number of morpholine rings is 1. The van der Waals surface area contributed by atoms with E-state index in [1.807, 2.05) is 13.0 Å². The van der Waals surface area contributed by atoms with Gasteiger partial charge in [-0.1, -0.05) is 12.1 Å². The highest BCUT2D eigenvalue weighted by atomic mass is 19.1. The Balaban J connectivity index is 1.76. The van der Waals surface area contributed by atoms with E-state index in [9.17, 15) is 9.18 Å². The average Bonchev–Trinajstić information content (AvgIpc) is 2.79. The quantitative estimate of drug-likeness (QED) is 0.678. The zero-order chi connectivity index (χ0) is 22.0. The molecule has 0 unspecified atom stereocenters. The Bertz CT molecular complexity index is 1080. The van der Waals surface area contributed by atoms with Crippen molar-refractivity contribution in [2.24, 2.45) is 0 Å². The van der Waals surface area contributed by atoms with Crippen molar-refractivity contribution in [2.45, 2.75) is 13.0 Å². The van der Waals surface area contributed by atoms with Gasteiger partial charge in [0.1, 0.15) is 17.2 Å². The molecular formula is C23H26FN5O2. The molecule has 2 heterocycles. The molecule has 1 saturated heterocycles. The first kappa shape index (κ1) is 21.0. The van der Waals surface area contributed by atoms with Crippen molar-refractivity contribution in [3.63, 3.8) is 0 Å². The van der Waals surface area contributed by atoms with E-state index in [0.717, 1.165) is 24.5 Å². The fraction of sp³-hybridized carbons (Fsp3) is 0.348. The third-order valence-corrected chi connectivity index (χ3v) is 5.37. The van der Waals surface area contributed by atoms with Gasteiger partial charge in [-0.2, -0.15) is 0 Å². The number of halogens is 1. The minimum atomic E-state index is -0.277. The van der Waals surface area contributed by atoms with Gasteiger partial charge >= 0.3 is 0 Å². The van der Waals surface area contributed by atoms with Crippen molar-refractivity contribution >= 4 is 28.4 Å². The maximum absolute atomic E-state index is 13.3. The van der Waals surface area contributed by atoms with Crippen LogP contribution in [0.3, 0.4) is 0 Å². The van der Waals surface area contributed by atoms with Crippen molar-refractivity contribution in [1.29, 1.82) is 0 Å². The van der Waals surface area contributed by atoms with E-state index < -0.39 is 0 Å². The van der Waals surface area contributed by atoms with Gasteiger partial charge in [0.25, 0.3) is 5.91 Å². The summed E-state index contributed by atoms with van der Waals surface area (Å²) in [6.45, 7) is 4.81. The Kier molecular flexibility index (Phi) is 5.99. The van der Waals surface area contributed by atoms with Crippen molar-refractivity contribution in [1.82, 2.24) is 14.9 Å². The minimum Gasteiger partial charge on any atom is -0.378 e. The van der Waals surface area contributed by atoms with Crippen molar-refractivity contribution in [3.05, 3.63) is 59.5 Å². The normalized spacial score (nSPS) is 15.0. The van der Waals surface area contributed by atoms with Crippen LogP contribution in [0.15, 0.2) is 42.6 Å². The van der Waals surface area contributed by atoms with Crippen LogP contribution in [0, 0.1) is 5.82 Å². The van der Waals surface area contributed by atoms with Gasteiger partial charge in [0.2, 0.25) is 0 Å². The van der Waals surface area contributed by atoms with Gasteiger partial charge in [0.05, 0.1) is 30.6 Å². The summed E-state index contributed by atoms with van der Waals surface area (Å²) < 4.78 is 18.8. The zero-order valence-corrected chi connectivity index (χ0v) is 17.9. The number of fused-ring (bicyclic) bond motifs is 1. The molecule has 1 atom stereocenters. The number of amides is 1. The molecule has 1 aliphatic heterocycles. The van der Waals surface area contributed by atoms with Crippen molar-refractivity contribution in [3.8, 4) is 0 Å². The van der Waals surface area contributed by atoms with Crippen LogP contribution in [-0.4, -0.2) is 61.2 Å². The van der Waals surface area contributed by atoms with Crippen molar-refractivity contribution < 1.29 is 13.9 Å². The fourth-order valence-corrected chi connectivity index (χ4v) is 3.61. The molecule has 3 aromatic rings. The number of ether oxygens (including phenoxy) is 1. The lowest BCUT2D eigenvalue weighted by molar-refractivity contribution is 0.0827. The van der Waals surface area contributed by atoms with E-state index in [1.165, 1.54) is 17.0 Å². The second-order valence-electron chi connectivity index (χ2n) is 7.84. The van der Waals surface area contributed by atoms with E-state index in [2.05, 4.69) is 15.2 Å². The van der Waals surface area contributed by atoms with Gasteiger partial charge < -0.3 is 19.9 Å². The summed E-state index contributed by atoms with van der Waals surface area (Å²) in [6.07, 6.45) is 1.74. The molecule has 0 spiro atoms. The highest BCUT2D eigenvalue weighted by Gasteiger charge is 2.18. The van der Waals surface area contributed by atoms with Gasteiger partial charge in [-0.05, 0) is 36.8 Å². The highest BCUT2D eigenvalue weighted by Crippen LogP contribution is 2.29. The number of carbonyl (C=O) groups is 1. The zero-order valence-electron chi connectivity index (χ0n) is 17.9. The standard InChI is InChI=1S/C23H26FN5O2/c1-15(16-4-6-18(24)7-5-16)26-20-13-17(23(30)28(2)3)12-19-22(20)27-21(14-25-19)29-8-10-31-11-9-29/h4-7,12-15,26H,8-11H2,1-3H3/t15-/m0/s1. The van der Waals surface area contributed by atoms with Crippen LogP contribution in [0.1, 0.15) is 28.9 Å². The minimum absolute atomic E-state index is 0.113. The molecular weight excluding hydrogens is 397 g/mol. The monoisotopic (exact) mass is 423 g/mol. The predicted molar refractivity (Wildman–Crippen MR) is 119 cm³/mol. The maximum atomic E-state index is 13.3. The topological polar surface area (TPSA) is 70.6 Å². The lowest BCUT2D eigenvalue weighted by atomic mass is 10.1. The third kappa shape index (κ3) is 4.59. The lowest BCUT2D eigenvalue weighted by Gasteiger charge is -2.28. The Morgan fingerprint density at radius 1 is 1.19 bits per heavy atom. The largest absolute Gasteiger partial charge is 0.378 e. The van der Waals surface area contributed by atoms with E-state index in [0.29, 0.717) is 35.5 Å². The van der Waals surface area contributed by atoms with E-state index >= 15 is 0 Å². The fourth-order valence-electron chi connectivity index (χ4n) is 3.61. The molecule has 31 heavy (non-hydrogen) atoms. The van der Waals surface area contributed by atoms with Gasteiger partial charge in [-0.3, -0.25) is 9.78 Å². The second-order valence-corrected chi connectivity index (χ2v) is 7.84. The van der Waals surface area contributed by atoms with Crippen LogP contribution < -0.4 is 10.2 Å². The first-order valence-corrected chi connectivity index (χ1v) is 10.3. The number of nitrogens with one attached hydrogen (secondary N) is 1. The SMILES string of the molecule is C[C@H](Nc1cc(C(=O)N(C)C)cc2ncc(N3CCOCC3)nc12)c1ccc(F)cc1. The Labute approximate surface area is 180 Å². The third-order valence-electron chi connectivity index (χ3n) is 5.37. The smallest absolute Gasteiger partial charge is 0.253 e. The number of hydrogen-bond acceptors (Lipinski definition) is 6. The van der Waals surface area contributed by atoms with Crippen LogP contribution in [0.25, 0.3) is 11.0 Å². The number of aromatic nitrogens is 2. The van der Waals surface area contributed by atoms with Crippen LogP contribution in [0.5, 0.6) is 0 Å². The molecule has 1 N–H and O–H groups in total. The molecule has 2 aromatic carbocycles. The molecule has 4 rings (SSSR count). The molecule has 8 heteroatoms. The van der Waals surface area contributed by atoms with Crippen LogP contribution >= 0.6 is 0 Å². The molecule has 7 nitrogen and oxygen atoms in total. The summed E-state index contributed by atoms with van der Waals surface area (Å²) in [4.78, 5) is 25.8. The molecule has 1 fully saturated rings. The number of nitrogens with zero attached hydrogens (tertiary/aromatic N) is 4. The Hall–Kier alpha value is -3.26. The molecule has 1 aromatic heterocycles. The summed E-state index contributed by atoms with van der Waals surface area (Å²) >= 11 is 0. The molecule has 1 aliphatic rings. The lowest BCUT2D eigenvalue weighted by Crippen LogP contribution is -2.36. The van der Waals surface area contributed by atoms with Gasteiger partial charge in [0.15, 0.2) is 0 Å². The van der Waals surface area contributed by atoms with Gasteiger partial charge in [-0.15, -0.1) is 0 Å². The molecule has 0 bridgehead atoms. The van der Waals surface area contributed by atoms with E-state index in [4.69, 9.17) is 9.72 Å². The molecule has 0 aliphatic carbocycles. The predicted octanol–water partition coefficient (Wildman–Crippen LogP) is 3.48. The number of anilines is 2.